The molecule has 0 aromatic heterocycles. The normalized spacial score (nSPS) is 12.9. The second-order valence-corrected chi connectivity index (χ2v) is 3.40. The van der Waals surface area contributed by atoms with Gasteiger partial charge in [0.25, 0.3) is 0 Å². The molecule has 2 heteroatoms. The molecule has 0 spiro atoms. The van der Waals surface area contributed by atoms with E-state index in [0.29, 0.717) is 13.0 Å². The standard InChI is InChI=1S/C11H17NO/c1-8-4-3-5-9(2)11(8)10(13)6-7-12/h3-5,10,13H,6-7,12H2,1-2H3/t10-/m0/s1. The molecule has 0 radical (unpaired) electrons. The zero-order valence-electron chi connectivity index (χ0n) is 8.25. The smallest absolute Gasteiger partial charge is 0.0807 e. The zero-order valence-corrected chi connectivity index (χ0v) is 8.25. The van der Waals surface area contributed by atoms with E-state index in [0.717, 1.165) is 16.7 Å². The molecule has 0 aliphatic heterocycles. The molecule has 0 aliphatic rings. The average Bonchev–Trinajstić information content (AvgIpc) is 2.04. The fourth-order valence-electron chi connectivity index (χ4n) is 1.66. The SMILES string of the molecule is Cc1cccc(C)c1[C@@H](O)CCN. The van der Waals surface area contributed by atoms with E-state index in [2.05, 4.69) is 0 Å². The second-order valence-electron chi connectivity index (χ2n) is 3.40. The van der Waals surface area contributed by atoms with Gasteiger partial charge >= 0.3 is 0 Å². The van der Waals surface area contributed by atoms with Crippen molar-refractivity contribution in [3.8, 4) is 0 Å². The van der Waals surface area contributed by atoms with Gasteiger partial charge in [0.1, 0.15) is 0 Å². The molecular weight excluding hydrogens is 162 g/mol. The van der Waals surface area contributed by atoms with Crippen LogP contribution in [-0.4, -0.2) is 11.7 Å². The van der Waals surface area contributed by atoms with Crippen LogP contribution in [0.5, 0.6) is 0 Å². The lowest BCUT2D eigenvalue weighted by Crippen LogP contribution is -2.09. The van der Waals surface area contributed by atoms with E-state index in [4.69, 9.17) is 5.73 Å². The summed E-state index contributed by atoms with van der Waals surface area (Å²) in [4.78, 5) is 0. The van der Waals surface area contributed by atoms with Gasteiger partial charge < -0.3 is 10.8 Å². The van der Waals surface area contributed by atoms with Crippen molar-refractivity contribution >= 4 is 0 Å². The summed E-state index contributed by atoms with van der Waals surface area (Å²) in [7, 11) is 0. The largest absolute Gasteiger partial charge is 0.388 e. The van der Waals surface area contributed by atoms with Gasteiger partial charge in [0.05, 0.1) is 6.10 Å². The van der Waals surface area contributed by atoms with Crippen molar-refractivity contribution in [2.24, 2.45) is 5.73 Å². The molecule has 0 unspecified atom stereocenters. The van der Waals surface area contributed by atoms with Crippen molar-refractivity contribution in [2.75, 3.05) is 6.54 Å². The highest BCUT2D eigenvalue weighted by Gasteiger charge is 2.11. The van der Waals surface area contributed by atoms with E-state index >= 15 is 0 Å². The van der Waals surface area contributed by atoms with Gasteiger partial charge in [-0.3, -0.25) is 0 Å². The summed E-state index contributed by atoms with van der Waals surface area (Å²) in [5.74, 6) is 0. The predicted molar refractivity (Wildman–Crippen MR) is 54.5 cm³/mol. The first kappa shape index (κ1) is 10.2. The Kier molecular flexibility index (Phi) is 3.46. The van der Waals surface area contributed by atoms with Gasteiger partial charge in [0.2, 0.25) is 0 Å². The molecule has 0 aliphatic carbocycles. The number of aryl methyl sites for hydroxylation is 2. The van der Waals surface area contributed by atoms with Crippen molar-refractivity contribution in [1.29, 1.82) is 0 Å². The Balaban J connectivity index is 2.98. The third-order valence-corrected chi connectivity index (χ3v) is 2.32. The van der Waals surface area contributed by atoms with Crippen LogP contribution in [0.3, 0.4) is 0 Å². The first-order valence-electron chi connectivity index (χ1n) is 4.61. The summed E-state index contributed by atoms with van der Waals surface area (Å²) in [6.07, 6.45) is 0.220. The molecule has 1 aromatic carbocycles. The van der Waals surface area contributed by atoms with Crippen LogP contribution in [0.4, 0.5) is 0 Å². The Bertz CT molecular complexity index is 263. The molecule has 72 valence electrons. The van der Waals surface area contributed by atoms with Crippen LogP contribution in [0.2, 0.25) is 0 Å². The highest BCUT2D eigenvalue weighted by molar-refractivity contribution is 5.35. The number of aliphatic hydroxyl groups excluding tert-OH is 1. The summed E-state index contributed by atoms with van der Waals surface area (Å²) in [5.41, 5.74) is 8.72. The maximum Gasteiger partial charge on any atom is 0.0807 e. The van der Waals surface area contributed by atoms with Gasteiger partial charge in [-0.15, -0.1) is 0 Å². The van der Waals surface area contributed by atoms with Crippen molar-refractivity contribution in [3.05, 3.63) is 34.9 Å². The van der Waals surface area contributed by atoms with Crippen LogP contribution >= 0.6 is 0 Å². The fourth-order valence-corrected chi connectivity index (χ4v) is 1.66. The Morgan fingerprint density at radius 2 is 1.85 bits per heavy atom. The quantitative estimate of drug-likeness (QED) is 0.741. The van der Waals surface area contributed by atoms with Crippen LogP contribution in [0.15, 0.2) is 18.2 Å². The number of hydrogen-bond donors (Lipinski definition) is 2. The van der Waals surface area contributed by atoms with E-state index in [-0.39, 0.29) is 0 Å². The van der Waals surface area contributed by atoms with E-state index in [1.54, 1.807) is 0 Å². The summed E-state index contributed by atoms with van der Waals surface area (Å²) in [5, 5.41) is 9.80. The third-order valence-electron chi connectivity index (χ3n) is 2.32. The maximum atomic E-state index is 9.80. The lowest BCUT2D eigenvalue weighted by molar-refractivity contribution is 0.169. The summed E-state index contributed by atoms with van der Waals surface area (Å²) >= 11 is 0. The van der Waals surface area contributed by atoms with Gasteiger partial charge in [-0.1, -0.05) is 18.2 Å². The Labute approximate surface area is 79.4 Å². The number of benzene rings is 1. The first-order valence-corrected chi connectivity index (χ1v) is 4.61. The Morgan fingerprint density at radius 3 is 2.31 bits per heavy atom. The summed E-state index contributed by atoms with van der Waals surface area (Å²) in [6, 6.07) is 6.04. The highest BCUT2D eigenvalue weighted by atomic mass is 16.3. The van der Waals surface area contributed by atoms with E-state index in [9.17, 15) is 5.11 Å². The molecule has 13 heavy (non-hydrogen) atoms. The van der Waals surface area contributed by atoms with Gasteiger partial charge in [0, 0.05) is 0 Å². The van der Waals surface area contributed by atoms with Crippen LogP contribution < -0.4 is 5.73 Å². The van der Waals surface area contributed by atoms with Crippen LogP contribution in [0.25, 0.3) is 0 Å². The topological polar surface area (TPSA) is 46.2 Å². The van der Waals surface area contributed by atoms with E-state index in [1.807, 2.05) is 32.0 Å². The number of rotatable bonds is 3. The summed E-state index contributed by atoms with van der Waals surface area (Å²) in [6.45, 7) is 4.55. The molecule has 1 atom stereocenters. The van der Waals surface area contributed by atoms with Gasteiger partial charge in [-0.25, -0.2) is 0 Å². The molecule has 0 saturated carbocycles. The van der Waals surface area contributed by atoms with Gasteiger partial charge in [-0.05, 0) is 43.5 Å². The molecule has 0 bridgehead atoms. The molecular formula is C11H17NO. The van der Waals surface area contributed by atoms with Gasteiger partial charge in [0.15, 0.2) is 0 Å². The number of hydrogen-bond acceptors (Lipinski definition) is 2. The molecule has 1 aromatic rings. The summed E-state index contributed by atoms with van der Waals surface area (Å²) < 4.78 is 0. The maximum absolute atomic E-state index is 9.80. The van der Waals surface area contributed by atoms with Gasteiger partial charge in [-0.2, -0.15) is 0 Å². The fraction of sp³-hybridized carbons (Fsp3) is 0.455. The molecule has 0 amide bonds. The van der Waals surface area contributed by atoms with Crippen LogP contribution in [0.1, 0.15) is 29.2 Å². The second kappa shape index (κ2) is 4.40. The number of nitrogens with two attached hydrogens (primary N) is 1. The third kappa shape index (κ3) is 2.29. The van der Waals surface area contributed by atoms with Crippen molar-refractivity contribution in [2.45, 2.75) is 26.4 Å². The lowest BCUT2D eigenvalue weighted by atomic mass is 9.96. The Hall–Kier alpha value is -0.860. The highest BCUT2D eigenvalue weighted by Crippen LogP contribution is 2.23. The first-order chi connectivity index (χ1) is 6.16. The molecule has 0 heterocycles. The lowest BCUT2D eigenvalue weighted by Gasteiger charge is -2.15. The monoisotopic (exact) mass is 179 g/mol. The minimum atomic E-state index is -0.411. The van der Waals surface area contributed by atoms with Crippen molar-refractivity contribution in [3.63, 3.8) is 0 Å². The van der Waals surface area contributed by atoms with E-state index in [1.165, 1.54) is 0 Å². The molecule has 3 N–H and O–H groups in total. The predicted octanol–water partition coefficient (Wildman–Crippen LogP) is 1.69. The van der Waals surface area contributed by atoms with Crippen LogP contribution in [-0.2, 0) is 0 Å². The minimum absolute atomic E-state index is 0.411. The minimum Gasteiger partial charge on any atom is -0.388 e. The average molecular weight is 179 g/mol. The Morgan fingerprint density at radius 1 is 1.31 bits per heavy atom. The molecule has 0 saturated heterocycles. The van der Waals surface area contributed by atoms with Crippen LogP contribution in [0, 0.1) is 13.8 Å². The molecule has 1 rings (SSSR count). The molecule has 0 fully saturated rings. The number of aliphatic hydroxyl groups is 1. The van der Waals surface area contributed by atoms with Crippen molar-refractivity contribution in [1.82, 2.24) is 0 Å². The zero-order chi connectivity index (χ0) is 9.84. The van der Waals surface area contributed by atoms with E-state index < -0.39 is 6.10 Å². The van der Waals surface area contributed by atoms with Crippen molar-refractivity contribution < 1.29 is 5.11 Å². The molecule has 2 nitrogen and oxygen atoms in total.